The van der Waals surface area contributed by atoms with Crippen molar-refractivity contribution in [3.63, 3.8) is 0 Å². The maximum Gasteiger partial charge on any atom is 0.312 e. The van der Waals surface area contributed by atoms with Crippen molar-refractivity contribution >= 4 is 5.97 Å². The summed E-state index contributed by atoms with van der Waals surface area (Å²) in [5.41, 5.74) is -0.269. The summed E-state index contributed by atoms with van der Waals surface area (Å²) >= 11 is 0. The number of aliphatic carboxylic acids is 1. The molecule has 1 aromatic rings. The van der Waals surface area contributed by atoms with Crippen LogP contribution in [0.4, 0.5) is 8.78 Å². The molecular weight excluding hydrogens is 190 g/mol. The molecule has 0 heterocycles. The van der Waals surface area contributed by atoms with Gasteiger partial charge in [0, 0.05) is 5.56 Å². The van der Waals surface area contributed by atoms with Crippen LogP contribution in [0.15, 0.2) is 30.3 Å². The predicted octanol–water partition coefficient (Wildman–Crippen LogP) is 2.50. The number of rotatable bonds is 3. The van der Waals surface area contributed by atoms with Gasteiger partial charge in [0.25, 0.3) is 5.92 Å². The first kappa shape index (κ1) is 10.6. The van der Waals surface area contributed by atoms with Crippen LogP contribution in [0.2, 0.25) is 0 Å². The van der Waals surface area contributed by atoms with Crippen molar-refractivity contribution in [2.24, 2.45) is 5.92 Å². The predicted molar refractivity (Wildman–Crippen MR) is 47.1 cm³/mol. The molecule has 0 saturated heterocycles. The van der Waals surface area contributed by atoms with Gasteiger partial charge in [-0.15, -0.1) is 0 Å². The zero-order valence-electron chi connectivity index (χ0n) is 7.58. The van der Waals surface area contributed by atoms with E-state index in [9.17, 15) is 13.6 Å². The van der Waals surface area contributed by atoms with Crippen molar-refractivity contribution in [3.05, 3.63) is 35.9 Å². The van der Waals surface area contributed by atoms with Gasteiger partial charge >= 0.3 is 5.97 Å². The van der Waals surface area contributed by atoms with Crippen LogP contribution in [0, 0.1) is 5.92 Å². The Kier molecular flexibility index (Phi) is 2.84. The summed E-state index contributed by atoms with van der Waals surface area (Å²) in [5.74, 6) is -6.55. The third-order valence-corrected chi connectivity index (χ3v) is 2.07. The van der Waals surface area contributed by atoms with Crippen LogP contribution in [0.25, 0.3) is 0 Å². The van der Waals surface area contributed by atoms with Crippen LogP contribution in [-0.2, 0) is 10.7 Å². The standard InChI is InChI=1S/C10H10F2O2/c1-7(9(13)14)10(11,12)8-5-3-2-4-6-8/h2-7H,1H3,(H,13,14)/t7-/m1/s1. The van der Waals surface area contributed by atoms with Crippen LogP contribution in [0.3, 0.4) is 0 Å². The quantitative estimate of drug-likeness (QED) is 0.813. The summed E-state index contributed by atoms with van der Waals surface area (Å²) < 4.78 is 26.8. The number of carboxylic acid groups (broad SMARTS) is 1. The van der Waals surface area contributed by atoms with E-state index in [4.69, 9.17) is 5.11 Å². The lowest BCUT2D eigenvalue weighted by Gasteiger charge is -2.20. The molecule has 0 saturated carbocycles. The Labute approximate surface area is 80.2 Å². The van der Waals surface area contributed by atoms with Crippen molar-refractivity contribution < 1.29 is 18.7 Å². The maximum absolute atomic E-state index is 13.4. The van der Waals surface area contributed by atoms with Crippen LogP contribution in [0.1, 0.15) is 12.5 Å². The number of hydrogen-bond donors (Lipinski definition) is 1. The van der Waals surface area contributed by atoms with Gasteiger partial charge in [-0.25, -0.2) is 8.78 Å². The van der Waals surface area contributed by atoms with Gasteiger partial charge in [-0.1, -0.05) is 30.3 Å². The maximum atomic E-state index is 13.4. The van der Waals surface area contributed by atoms with Crippen LogP contribution < -0.4 is 0 Å². The summed E-state index contributed by atoms with van der Waals surface area (Å²) in [4.78, 5) is 10.4. The Hall–Kier alpha value is -1.45. The van der Waals surface area contributed by atoms with Crippen molar-refractivity contribution in [1.82, 2.24) is 0 Å². The highest BCUT2D eigenvalue weighted by Gasteiger charge is 2.42. The van der Waals surface area contributed by atoms with Gasteiger partial charge in [-0.2, -0.15) is 0 Å². The number of carboxylic acids is 1. The lowest BCUT2D eigenvalue weighted by Crippen LogP contribution is -2.29. The minimum absolute atomic E-state index is 0.269. The first-order chi connectivity index (χ1) is 6.46. The van der Waals surface area contributed by atoms with E-state index in [1.807, 2.05) is 0 Å². The molecule has 1 atom stereocenters. The zero-order chi connectivity index (χ0) is 10.8. The minimum atomic E-state index is -3.33. The molecule has 0 aliphatic rings. The third kappa shape index (κ3) is 1.89. The molecule has 0 radical (unpaired) electrons. The van der Waals surface area contributed by atoms with E-state index in [0.29, 0.717) is 0 Å². The number of carbonyl (C=O) groups is 1. The molecule has 0 aliphatic heterocycles. The molecule has 2 nitrogen and oxygen atoms in total. The topological polar surface area (TPSA) is 37.3 Å². The van der Waals surface area contributed by atoms with Gasteiger partial charge in [-0.3, -0.25) is 4.79 Å². The van der Waals surface area contributed by atoms with Crippen molar-refractivity contribution in [2.45, 2.75) is 12.8 Å². The van der Waals surface area contributed by atoms with Crippen molar-refractivity contribution in [2.75, 3.05) is 0 Å². The van der Waals surface area contributed by atoms with Gasteiger partial charge < -0.3 is 5.11 Å². The highest BCUT2D eigenvalue weighted by Crippen LogP contribution is 2.35. The molecule has 1 N–H and O–H groups in total. The van der Waals surface area contributed by atoms with E-state index in [1.165, 1.54) is 24.3 Å². The average molecular weight is 200 g/mol. The molecule has 0 aromatic heterocycles. The number of hydrogen-bond acceptors (Lipinski definition) is 1. The Balaban J connectivity index is 3.02. The largest absolute Gasteiger partial charge is 0.481 e. The average Bonchev–Trinajstić information content (AvgIpc) is 2.18. The van der Waals surface area contributed by atoms with Gasteiger partial charge in [0.15, 0.2) is 0 Å². The summed E-state index contributed by atoms with van der Waals surface area (Å²) in [6.07, 6.45) is 0. The molecule has 4 heteroatoms. The lowest BCUT2D eigenvalue weighted by molar-refractivity contribution is -0.156. The van der Waals surface area contributed by atoms with Crippen molar-refractivity contribution in [3.8, 4) is 0 Å². The molecule has 76 valence electrons. The Bertz CT molecular complexity index is 322. The smallest absolute Gasteiger partial charge is 0.312 e. The SMILES string of the molecule is C[C@H](C(=O)O)C(F)(F)c1ccccc1. The van der Waals surface area contributed by atoms with E-state index in [0.717, 1.165) is 6.92 Å². The molecule has 0 aliphatic carbocycles. The van der Waals surface area contributed by atoms with E-state index in [-0.39, 0.29) is 5.56 Å². The van der Waals surface area contributed by atoms with Gasteiger partial charge in [-0.05, 0) is 6.92 Å². The normalized spacial score (nSPS) is 13.6. The van der Waals surface area contributed by atoms with Gasteiger partial charge in [0.2, 0.25) is 0 Å². The highest BCUT2D eigenvalue weighted by atomic mass is 19.3. The fourth-order valence-corrected chi connectivity index (χ4v) is 1.07. The second-order valence-electron chi connectivity index (χ2n) is 3.05. The van der Waals surface area contributed by atoms with E-state index >= 15 is 0 Å². The highest BCUT2D eigenvalue weighted by molar-refractivity contribution is 5.71. The molecule has 0 bridgehead atoms. The van der Waals surface area contributed by atoms with Gasteiger partial charge in [0.1, 0.15) is 5.92 Å². The second kappa shape index (κ2) is 3.74. The van der Waals surface area contributed by atoms with Crippen LogP contribution >= 0.6 is 0 Å². The first-order valence-corrected chi connectivity index (χ1v) is 4.12. The number of alkyl halides is 2. The minimum Gasteiger partial charge on any atom is -0.481 e. The number of halogens is 2. The molecule has 1 rings (SSSR count). The van der Waals surface area contributed by atoms with Crippen LogP contribution in [-0.4, -0.2) is 11.1 Å². The molecule has 0 spiro atoms. The lowest BCUT2D eigenvalue weighted by atomic mass is 9.96. The fourth-order valence-electron chi connectivity index (χ4n) is 1.07. The Morgan fingerprint density at radius 3 is 2.29 bits per heavy atom. The summed E-state index contributed by atoms with van der Waals surface area (Å²) in [5, 5.41) is 8.50. The Morgan fingerprint density at radius 2 is 1.86 bits per heavy atom. The molecule has 14 heavy (non-hydrogen) atoms. The van der Waals surface area contributed by atoms with E-state index in [1.54, 1.807) is 6.07 Å². The summed E-state index contributed by atoms with van der Waals surface area (Å²) in [6.45, 7) is 0.995. The van der Waals surface area contributed by atoms with E-state index < -0.39 is 17.8 Å². The van der Waals surface area contributed by atoms with Crippen LogP contribution in [0.5, 0.6) is 0 Å². The zero-order valence-corrected chi connectivity index (χ0v) is 7.58. The number of benzene rings is 1. The second-order valence-corrected chi connectivity index (χ2v) is 3.05. The molecule has 0 amide bonds. The Morgan fingerprint density at radius 1 is 1.36 bits per heavy atom. The summed E-state index contributed by atoms with van der Waals surface area (Å²) in [7, 11) is 0. The van der Waals surface area contributed by atoms with E-state index in [2.05, 4.69) is 0 Å². The first-order valence-electron chi connectivity index (χ1n) is 4.12. The summed E-state index contributed by atoms with van der Waals surface area (Å²) in [6, 6.07) is 6.96. The fraction of sp³-hybridized carbons (Fsp3) is 0.300. The monoisotopic (exact) mass is 200 g/mol. The molecule has 1 aromatic carbocycles. The van der Waals surface area contributed by atoms with Crippen molar-refractivity contribution in [1.29, 1.82) is 0 Å². The third-order valence-electron chi connectivity index (χ3n) is 2.07. The van der Waals surface area contributed by atoms with Gasteiger partial charge in [0.05, 0.1) is 0 Å². The molecule has 0 fully saturated rings. The molecule has 0 unspecified atom stereocenters. The molecular formula is C10H10F2O2.